The molecule has 0 saturated heterocycles. The molecule has 2 nitrogen and oxygen atoms in total. The predicted molar refractivity (Wildman–Crippen MR) is 70.2 cm³/mol. The molecular weight excluding hydrogens is 231 g/mol. The molecule has 17 heavy (non-hydrogen) atoms. The quantitative estimate of drug-likeness (QED) is 0.770. The van der Waals surface area contributed by atoms with Gasteiger partial charge in [-0.2, -0.15) is 0 Å². The van der Waals surface area contributed by atoms with Crippen molar-refractivity contribution in [2.45, 2.75) is 13.8 Å². The Morgan fingerprint density at radius 2 is 1.29 bits per heavy atom. The molecule has 86 valence electrons. The molecule has 0 fully saturated rings. The third kappa shape index (κ3) is 3.15. The maximum atomic E-state index is 11.9. The fourth-order valence-corrected chi connectivity index (χ4v) is 2.23. The predicted octanol–water partition coefficient (Wildman–Crippen LogP) is 3.75. The first-order valence-electron chi connectivity index (χ1n) is 5.44. The lowest BCUT2D eigenvalue weighted by Crippen LogP contribution is -1.99. The van der Waals surface area contributed by atoms with Crippen LogP contribution in [0, 0.1) is 13.8 Å². The van der Waals surface area contributed by atoms with Gasteiger partial charge in [0.05, 0.1) is 0 Å². The summed E-state index contributed by atoms with van der Waals surface area (Å²) in [6.45, 7) is 4.00. The highest BCUT2D eigenvalue weighted by Crippen LogP contribution is 2.26. The van der Waals surface area contributed by atoms with Crippen LogP contribution in [0.5, 0.6) is 5.75 Å². The highest BCUT2D eigenvalue weighted by molar-refractivity contribution is 7.48. The standard InChI is InChI=1S/C14H14O2P/c1-11-3-7-13(8-4-11)16-17(15)14-9-5-12(2)6-10-14/h3-10H,1-2H3/q+1. The van der Waals surface area contributed by atoms with E-state index >= 15 is 0 Å². The lowest BCUT2D eigenvalue weighted by Gasteiger charge is -1.95. The summed E-state index contributed by atoms with van der Waals surface area (Å²) in [5.74, 6) is 0.636. The van der Waals surface area contributed by atoms with Gasteiger partial charge in [0.2, 0.25) is 5.30 Å². The van der Waals surface area contributed by atoms with Crippen LogP contribution in [0.15, 0.2) is 48.5 Å². The molecule has 2 aromatic rings. The van der Waals surface area contributed by atoms with Gasteiger partial charge in [0.25, 0.3) is 0 Å². The molecule has 0 amide bonds. The summed E-state index contributed by atoms with van der Waals surface area (Å²) in [5.41, 5.74) is 2.30. The minimum Gasteiger partial charge on any atom is -0.250 e. The largest absolute Gasteiger partial charge is 0.597 e. The minimum atomic E-state index is -1.82. The Morgan fingerprint density at radius 1 is 0.824 bits per heavy atom. The summed E-state index contributed by atoms with van der Waals surface area (Å²) in [7, 11) is -1.82. The molecule has 0 aliphatic rings. The monoisotopic (exact) mass is 245 g/mol. The highest BCUT2D eigenvalue weighted by atomic mass is 31.1. The average molecular weight is 245 g/mol. The van der Waals surface area contributed by atoms with Crippen LogP contribution in [-0.4, -0.2) is 0 Å². The molecule has 0 bridgehead atoms. The van der Waals surface area contributed by atoms with Gasteiger partial charge in [-0.15, -0.1) is 0 Å². The van der Waals surface area contributed by atoms with Gasteiger partial charge in [0.1, 0.15) is 0 Å². The van der Waals surface area contributed by atoms with Gasteiger partial charge in [0.15, 0.2) is 5.75 Å². The van der Waals surface area contributed by atoms with Crippen molar-refractivity contribution in [1.29, 1.82) is 0 Å². The summed E-state index contributed by atoms with van der Waals surface area (Å²) in [6.07, 6.45) is 0. The zero-order valence-corrected chi connectivity index (χ0v) is 10.8. The molecular formula is C14H14O2P+. The lowest BCUT2D eigenvalue weighted by atomic mass is 10.2. The van der Waals surface area contributed by atoms with E-state index in [1.165, 1.54) is 0 Å². The second-order valence-electron chi connectivity index (χ2n) is 4.00. The molecule has 0 spiro atoms. The maximum absolute atomic E-state index is 11.9. The van der Waals surface area contributed by atoms with Crippen LogP contribution in [0.2, 0.25) is 0 Å². The van der Waals surface area contributed by atoms with Crippen LogP contribution in [0.1, 0.15) is 11.1 Å². The third-order valence-corrected chi connectivity index (χ3v) is 3.55. The lowest BCUT2D eigenvalue weighted by molar-refractivity contribution is 0.514. The molecule has 2 rings (SSSR count). The van der Waals surface area contributed by atoms with Crippen LogP contribution < -0.4 is 9.83 Å². The van der Waals surface area contributed by atoms with Crippen molar-refractivity contribution in [3.8, 4) is 5.75 Å². The number of hydrogen-bond donors (Lipinski definition) is 0. The van der Waals surface area contributed by atoms with Crippen molar-refractivity contribution in [3.05, 3.63) is 59.7 Å². The molecule has 0 aliphatic carbocycles. The van der Waals surface area contributed by atoms with Crippen LogP contribution in [0.3, 0.4) is 0 Å². The second-order valence-corrected chi connectivity index (χ2v) is 5.21. The molecule has 3 heteroatoms. The van der Waals surface area contributed by atoms with Crippen molar-refractivity contribution in [2.24, 2.45) is 0 Å². The Balaban J connectivity index is 2.11. The Kier molecular flexibility index (Phi) is 3.55. The van der Waals surface area contributed by atoms with Gasteiger partial charge in [0, 0.05) is 0 Å². The zero-order chi connectivity index (χ0) is 12.3. The van der Waals surface area contributed by atoms with E-state index in [0.29, 0.717) is 11.1 Å². The highest BCUT2D eigenvalue weighted by Gasteiger charge is 2.22. The smallest absolute Gasteiger partial charge is 0.250 e. The van der Waals surface area contributed by atoms with Crippen LogP contribution >= 0.6 is 8.03 Å². The van der Waals surface area contributed by atoms with Gasteiger partial charge in [-0.05, 0) is 42.7 Å². The first-order valence-corrected chi connectivity index (χ1v) is 6.61. The van der Waals surface area contributed by atoms with Crippen LogP contribution in [-0.2, 0) is 4.57 Å². The molecule has 2 aromatic carbocycles. The second kappa shape index (κ2) is 5.11. The normalized spacial score (nSPS) is 11.1. The van der Waals surface area contributed by atoms with Crippen LogP contribution in [0.25, 0.3) is 0 Å². The number of aryl methyl sites for hydroxylation is 2. The fraction of sp³-hybridized carbons (Fsp3) is 0.143. The van der Waals surface area contributed by atoms with Crippen LogP contribution in [0.4, 0.5) is 0 Å². The van der Waals surface area contributed by atoms with Gasteiger partial charge >= 0.3 is 8.03 Å². The molecule has 0 radical (unpaired) electrons. The van der Waals surface area contributed by atoms with E-state index in [1.54, 1.807) is 0 Å². The number of benzene rings is 2. The summed E-state index contributed by atoms with van der Waals surface area (Å²) in [5, 5.41) is 0.714. The van der Waals surface area contributed by atoms with Gasteiger partial charge in [-0.3, -0.25) is 4.52 Å². The molecule has 0 saturated carbocycles. The first-order chi connectivity index (χ1) is 8.15. The summed E-state index contributed by atoms with van der Waals surface area (Å²) in [4.78, 5) is 0. The maximum Gasteiger partial charge on any atom is 0.597 e. The molecule has 1 unspecified atom stereocenters. The Morgan fingerprint density at radius 3 is 1.82 bits per heavy atom. The Bertz CT molecular complexity index is 515. The Labute approximate surface area is 102 Å². The van der Waals surface area contributed by atoms with E-state index in [9.17, 15) is 4.57 Å². The Hall–Kier alpha value is -1.66. The number of hydrogen-bond acceptors (Lipinski definition) is 2. The van der Waals surface area contributed by atoms with Crippen molar-refractivity contribution in [1.82, 2.24) is 0 Å². The van der Waals surface area contributed by atoms with Crippen molar-refractivity contribution in [2.75, 3.05) is 0 Å². The molecule has 1 atom stereocenters. The van der Waals surface area contributed by atoms with E-state index in [-0.39, 0.29) is 0 Å². The van der Waals surface area contributed by atoms with Gasteiger partial charge < -0.3 is 0 Å². The molecule has 0 N–H and O–H groups in total. The van der Waals surface area contributed by atoms with Crippen molar-refractivity contribution >= 4 is 13.3 Å². The van der Waals surface area contributed by atoms with Gasteiger partial charge in [-0.1, -0.05) is 35.4 Å². The zero-order valence-electron chi connectivity index (χ0n) is 9.88. The van der Waals surface area contributed by atoms with E-state index in [2.05, 4.69) is 0 Å². The fourth-order valence-electron chi connectivity index (χ4n) is 1.41. The SMILES string of the molecule is Cc1ccc(O[P+](=O)c2ccc(C)cc2)cc1. The van der Waals surface area contributed by atoms with E-state index in [4.69, 9.17) is 4.52 Å². The summed E-state index contributed by atoms with van der Waals surface area (Å²) < 4.78 is 17.3. The first kappa shape index (κ1) is 11.8. The van der Waals surface area contributed by atoms with E-state index in [1.807, 2.05) is 62.4 Å². The summed E-state index contributed by atoms with van der Waals surface area (Å²) >= 11 is 0. The molecule has 0 aliphatic heterocycles. The average Bonchev–Trinajstić information content (AvgIpc) is 2.33. The minimum absolute atomic E-state index is 0.636. The van der Waals surface area contributed by atoms with E-state index < -0.39 is 8.03 Å². The topological polar surface area (TPSA) is 26.3 Å². The van der Waals surface area contributed by atoms with Gasteiger partial charge in [-0.25, -0.2) is 0 Å². The van der Waals surface area contributed by atoms with Crippen molar-refractivity contribution in [3.63, 3.8) is 0 Å². The van der Waals surface area contributed by atoms with E-state index in [0.717, 1.165) is 11.1 Å². The molecule has 0 aromatic heterocycles. The third-order valence-electron chi connectivity index (χ3n) is 2.45. The number of rotatable bonds is 3. The molecule has 0 heterocycles. The van der Waals surface area contributed by atoms with Crippen molar-refractivity contribution < 1.29 is 9.09 Å². The summed E-state index contributed by atoms with van der Waals surface area (Å²) in [6, 6.07) is 15.1.